The minimum atomic E-state index is -0.565. The average Bonchev–Trinajstić information content (AvgIpc) is 3.14. The predicted molar refractivity (Wildman–Crippen MR) is 99.9 cm³/mol. The van der Waals surface area contributed by atoms with Crippen LogP contribution in [-0.2, 0) is 16.1 Å². The maximum Gasteiger partial charge on any atom is 0.254 e. The second kappa shape index (κ2) is 7.67. The summed E-state index contributed by atoms with van der Waals surface area (Å²) in [4.78, 5) is 33.5. The zero-order chi connectivity index (χ0) is 19.6. The van der Waals surface area contributed by atoms with Gasteiger partial charge in [-0.25, -0.2) is 4.39 Å². The van der Waals surface area contributed by atoms with E-state index < -0.39 is 5.54 Å². The lowest BCUT2D eigenvalue weighted by atomic mass is 9.94. The number of amides is 2. The van der Waals surface area contributed by atoms with Crippen molar-refractivity contribution in [3.05, 3.63) is 65.7 Å². The highest BCUT2D eigenvalue weighted by Crippen LogP contribution is 2.32. The fourth-order valence-corrected chi connectivity index (χ4v) is 3.96. The van der Waals surface area contributed by atoms with Crippen LogP contribution in [0.15, 0.2) is 48.8 Å². The molecule has 1 spiro atoms. The normalized spacial score (nSPS) is 22.5. The van der Waals surface area contributed by atoms with Crippen molar-refractivity contribution in [2.75, 3.05) is 26.3 Å². The molecule has 6 nitrogen and oxygen atoms in total. The van der Waals surface area contributed by atoms with Crippen molar-refractivity contribution >= 4 is 11.8 Å². The third-order valence-corrected chi connectivity index (χ3v) is 5.51. The first-order chi connectivity index (χ1) is 13.6. The molecule has 0 aliphatic carbocycles. The molecule has 2 aromatic rings. The molecule has 0 bridgehead atoms. The Hall–Kier alpha value is -2.80. The van der Waals surface area contributed by atoms with Crippen LogP contribution in [0.1, 0.15) is 28.8 Å². The molecule has 28 heavy (non-hydrogen) atoms. The number of carbonyl (C=O) groups is 2. The number of benzene rings is 1. The molecule has 1 aromatic carbocycles. The highest BCUT2D eigenvalue weighted by Gasteiger charge is 2.47. The summed E-state index contributed by atoms with van der Waals surface area (Å²) in [6.07, 6.45) is 4.09. The summed E-state index contributed by atoms with van der Waals surface area (Å²) in [6.45, 7) is 2.09. The van der Waals surface area contributed by atoms with Gasteiger partial charge in [-0.05, 0) is 36.2 Å². The smallest absolute Gasteiger partial charge is 0.254 e. The molecule has 2 fully saturated rings. The van der Waals surface area contributed by atoms with E-state index in [0.717, 1.165) is 5.56 Å². The van der Waals surface area contributed by atoms with Gasteiger partial charge >= 0.3 is 0 Å². The second-order valence-electron chi connectivity index (χ2n) is 7.35. The molecule has 2 aliphatic rings. The SMILES string of the molecule is O=C(c1ccncc1)N1CCC(=O)N(Cc2ccc(F)cc2)C2(CCOC2)C1. The summed E-state index contributed by atoms with van der Waals surface area (Å²) < 4.78 is 18.9. The van der Waals surface area contributed by atoms with Gasteiger partial charge < -0.3 is 14.5 Å². The molecule has 146 valence electrons. The van der Waals surface area contributed by atoms with Crippen molar-refractivity contribution in [1.29, 1.82) is 0 Å². The van der Waals surface area contributed by atoms with Crippen LogP contribution in [0.5, 0.6) is 0 Å². The van der Waals surface area contributed by atoms with E-state index in [1.165, 1.54) is 12.1 Å². The van der Waals surface area contributed by atoms with E-state index in [4.69, 9.17) is 4.74 Å². The number of hydrogen-bond acceptors (Lipinski definition) is 4. The van der Waals surface area contributed by atoms with Crippen LogP contribution in [0.25, 0.3) is 0 Å². The van der Waals surface area contributed by atoms with Gasteiger partial charge in [0.15, 0.2) is 0 Å². The van der Waals surface area contributed by atoms with Crippen LogP contribution in [0.3, 0.4) is 0 Å². The van der Waals surface area contributed by atoms with E-state index in [2.05, 4.69) is 4.98 Å². The van der Waals surface area contributed by atoms with Gasteiger partial charge in [0, 0.05) is 50.6 Å². The number of pyridine rings is 1. The first kappa shape index (κ1) is 18.6. The summed E-state index contributed by atoms with van der Waals surface area (Å²) in [5.74, 6) is -0.427. The van der Waals surface area contributed by atoms with Crippen LogP contribution >= 0.6 is 0 Å². The summed E-state index contributed by atoms with van der Waals surface area (Å²) in [7, 11) is 0. The number of halogens is 1. The molecule has 7 heteroatoms. The lowest BCUT2D eigenvalue weighted by molar-refractivity contribution is -0.137. The summed E-state index contributed by atoms with van der Waals surface area (Å²) in [6, 6.07) is 9.55. The largest absolute Gasteiger partial charge is 0.379 e. The van der Waals surface area contributed by atoms with E-state index in [-0.39, 0.29) is 24.1 Å². The number of ether oxygens (including phenoxy) is 1. The molecule has 1 unspecified atom stereocenters. The van der Waals surface area contributed by atoms with Crippen LogP contribution < -0.4 is 0 Å². The Morgan fingerprint density at radius 2 is 1.93 bits per heavy atom. The standard InChI is InChI=1S/C21H22FN3O3/c22-18-3-1-16(2-4-18)13-25-19(26)7-11-24(14-21(25)8-12-28-15-21)20(27)17-5-9-23-10-6-17/h1-6,9-10H,7-8,11-15H2. The lowest BCUT2D eigenvalue weighted by Crippen LogP contribution is -2.56. The highest BCUT2D eigenvalue weighted by atomic mass is 19.1. The second-order valence-corrected chi connectivity index (χ2v) is 7.35. The third-order valence-electron chi connectivity index (χ3n) is 5.51. The zero-order valence-corrected chi connectivity index (χ0v) is 15.5. The van der Waals surface area contributed by atoms with Crippen LogP contribution in [0.4, 0.5) is 4.39 Å². The fraction of sp³-hybridized carbons (Fsp3) is 0.381. The molecule has 0 N–H and O–H groups in total. The Bertz CT molecular complexity index is 851. The summed E-state index contributed by atoms with van der Waals surface area (Å²) in [5.41, 5.74) is 0.850. The minimum absolute atomic E-state index is 0.0140. The van der Waals surface area contributed by atoms with Crippen molar-refractivity contribution < 1.29 is 18.7 Å². The van der Waals surface area contributed by atoms with Gasteiger partial charge in [0.05, 0.1) is 12.1 Å². The molecule has 2 amide bonds. The van der Waals surface area contributed by atoms with E-state index in [1.54, 1.807) is 41.6 Å². The number of hydrogen-bond donors (Lipinski definition) is 0. The predicted octanol–water partition coefficient (Wildman–Crippen LogP) is 2.25. The van der Waals surface area contributed by atoms with Crippen molar-refractivity contribution in [3.63, 3.8) is 0 Å². The monoisotopic (exact) mass is 383 g/mol. The Morgan fingerprint density at radius 3 is 2.61 bits per heavy atom. The van der Waals surface area contributed by atoms with Gasteiger partial charge in [0.25, 0.3) is 5.91 Å². The Kier molecular flexibility index (Phi) is 5.09. The Morgan fingerprint density at radius 1 is 1.18 bits per heavy atom. The third kappa shape index (κ3) is 3.62. The summed E-state index contributed by atoms with van der Waals surface area (Å²) in [5, 5.41) is 0. The maximum absolute atomic E-state index is 13.3. The first-order valence-corrected chi connectivity index (χ1v) is 9.39. The topological polar surface area (TPSA) is 62.7 Å². The molecule has 1 atom stereocenters. The number of aromatic nitrogens is 1. The molecule has 4 rings (SSSR count). The highest BCUT2D eigenvalue weighted by molar-refractivity contribution is 5.94. The van der Waals surface area contributed by atoms with Crippen LogP contribution in [-0.4, -0.2) is 58.4 Å². The molecule has 0 saturated carbocycles. The van der Waals surface area contributed by atoms with E-state index in [9.17, 15) is 14.0 Å². The van der Waals surface area contributed by atoms with Gasteiger partial charge in [0.1, 0.15) is 5.82 Å². The average molecular weight is 383 g/mol. The first-order valence-electron chi connectivity index (χ1n) is 9.39. The Balaban J connectivity index is 1.61. The number of nitrogens with zero attached hydrogens (tertiary/aromatic N) is 3. The molecule has 1 aromatic heterocycles. The molecular weight excluding hydrogens is 361 g/mol. The maximum atomic E-state index is 13.3. The van der Waals surface area contributed by atoms with E-state index in [0.29, 0.717) is 44.8 Å². The van der Waals surface area contributed by atoms with Crippen molar-refractivity contribution in [3.8, 4) is 0 Å². The van der Waals surface area contributed by atoms with Crippen molar-refractivity contribution in [2.45, 2.75) is 24.9 Å². The minimum Gasteiger partial charge on any atom is -0.379 e. The van der Waals surface area contributed by atoms with Gasteiger partial charge in [-0.2, -0.15) is 0 Å². The van der Waals surface area contributed by atoms with Gasteiger partial charge in [-0.1, -0.05) is 12.1 Å². The zero-order valence-electron chi connectivity index (χ0n) is 15.5. The van der Waals surface area contributed by atoms with Crippen molar-refractivity contribution in [1.82, 2.24) is 14.8 Å². The molecule has 2 aliphatic heterocycles. The van der Waals surface area contributed by atoms with E-state index >= 15 is 0 Å². The number of carbonyl (C=O) groups excluding carboxylic acids is 2. The lowest BCUT2D eigenvalue weighted by Gasteiger charge is -2.40. The molecule has 3 heterocycles. The van der Waals surface area contributed by atoms with Crippen molar-refractivity contribution in [2.24, 2.45) is 0 Å². The molecule has 0 radical (unpaired) electrons. The fourth-order valence-electron chi connectivity index (χ4n) is 3.96. The van der Waals surface area contributed by atoms with Gasteiger partial charge in [-0.3, -0.25) is 14.6 Å². The van der Waals surface area contributed by atoms with Gasteiger partial charge in [-0.15, -0.1) is 0 Å². The van der Waals surface area contributed by atoms with Gasteiger partial charge in [0.2, 0.25) is 5.91 Å². The summed E-state index contributed by atoms with van der Waals surface area (Å²) >= 11 is 0. The Labute approximate surface area is 162 Å². The number of rotatable bonds is 3. The van der Waals surface area contributed by atoms with Crippen LogP contribution in [0.2, 0.25) is 0 Å². The quantitative estimate of drug-likeness (QED) is 0.816. The molecular formula is C21H22FN3O3. The van der Waals surface area contributed by atoms with Crippen LogP contribution in [0, 0.1) is 5.82 Å². The van der Waals surface area contributed by atoms with E-state index in [1.807, 2.05) is 4.90 Å². The molecule has 2 saturated heterocycles.